The van der Waals surface area contributed by atoms with E-state index in [-0.39, 0.29) is 23.9 Å². The summed E-state index contributed by atoms with van der Waals surface area (Å²) in [4.78, 5) is 0. The number of halogens is 2. The summed E-state index contributed by atoms with van der Waals surface area (Å²) in [5, 5.41) is 6.35. The van der Waals surface area contributed by atoms with Crippen molar-refractivity contribution in [2.75, 3.05) is 13.1 Å². The molecule has 0 amide bonds. The van der Waals surface area contributed by atoms with Gasteiger partial charge < -0.3 is 10.6 Å². The summed E-state index contributed by atoms with van der Waals surface area (Å²) in [6.07, 6.45) is 0. The van der Waals surface area contributed by atoms with Crippen LogP contribution in [0.5, 0.6) is 0 Å². The second-order valence-electron chi connectivity index (χ2n) is 3.76. The Kier molecular flexibility index (Phi) is 0.912. The molecule has 4 heteroatoms. The standard InChI is InChI=1S/C7H10F2N2/c8-7(9)5-3-1-10-2-4(11-3)6(5)7/h3-6,10-11H,1-2H2/t3-,4+,5-,6+. The first-order valence-corrected chi connectivity index (χ1v) is 4.06. The van der Waals surface area contributed by atoms with Gasteiger partial charge in [-0.1, -0.05) is 0 Å². The van der Waals surface area contributed by atoms with E-state index in [9.17, 15) is 8.78 Å². The van der Waals surface area contributed by atoms with E-state index in [0.717, 1.165) is 0 Å². The molecule has 2 saturated heterocycles. The lowest BCUT2D eigenvalue weighted by atomic mass is 10.1. The number of hydrogen-bond donors (Lipinski definition) is 2. The lowest BCUT2D eigenvalue weighted by Crippen LogP contribution is -2.54. The predicted octanol–water partition coefficient (Wildman–Crippen LogP) is -0.189. The van der Waals surface area contributed by atoms with Gasteiger partial charge in [-0.25, -0.2) is 8.78 Å². The predicted molar refractivity (Wildman–Crippen MR) is 35.5 cm³/mol. The van der Waals surface area contributed by atoms with E-state index in [4.69, 9.17) is 0 Å². The molecule has 11 heavy (non-hydrogen) atoms. The van der Waals surface area contributed by atoms with Crippen molar-refractivity contribution in [1.29, 1.82) is 0 Å². The van der Waals surface area contributed by atoms with Crippen LogP contribution in [0.3, 0.4) is 0 Å². The van der Waals surface area contributed by atoms with Gasteiger partial charge in [-0.3, -0.25) is 0 Å². The van der Waals surface area contributed by atoms with Gasteiger partial charge in [-0.2, -0.15) is 0 Å². The van der Waals surface area contributed by atoms with E-state index < -0.39 is 5.92 Å². The molecule has 3 aliphatic rings. The maximum Gasteiger partial charge on any atom is 0.257 e. The highest BCUT2D eigenvalue weighted by molar-refractivity contribution is 5.22. The normalized spacial score (nSPS) is 57.3. The Bertz CT molecular complexity index is 189. The van der Waals surface area contributed by atoms with Crippen LogP contribution in [-0.4, -0.2) is 31.1 Å². The molecule has 0 aromatic carbocycles. The lowest BCUT2D eigenvalue weighted by Gasteiger charge is -2.27. The second kappa shape index (κ2) is 1.59. The van der Waals surface area contributed by atoms with Gasteiger partial charge in [0.05, 0.1) is 0 Å². The van der Waals surface area contributed by atoms with Crippen LogP contribution in [0, 0.1) is 11.8 Å². The Balaban J connectivity index is 1.92. The van der Waals surface area contributed by atoms with Gasteiger partial charge >= 0.3 is 0 Å². The van der Waals surface area contributed by atoms with Gasteiger partial charge in [0.1, 0.15) is 0 Å². The first-order valence-electron chi connectivity index (χ1n) is 4.06. The molecule has 3 rings (SSSR count). The zero-order valence-corrected chi connectivity index (χ0v) is 5.98. The number of rotatable bonds is 0. The average molecular weight is 160 g/mol. The molecule has 4 atom stereocenters. The molecule has 62 valence electrons. The van der Waals surface area contributed by atoms with Crippen LogP contribution in [0.25, 0.3) is 0 Å². The molecular weight excluding hydrogens is 150 g/mol. The minimum Gasteiger partial charge on any atom is -0.314 e. The Hall–Kier alpha value is -0.220. The fourth-order valence-electron chi connectivity index (χ4n) is 2.66. The first kappa shape index (κ1) is 6.31. The van der Waals surface area contributed by atoms with Crippen LogP contribution in [0.4, 0.5) is 8.78 Å². The quantitative estimate of drug-likeness (QED) is 0.513. The van der Waals surface area contributed by atoms with Gasteiger partial charge in [0.2, 0.25) is 0 Å². The van der Waals surface area contributed by atoms with E-state index in [1.54, 1.807) is 0 Å². The van der Waals surface area contributed by atoms with E-state index in [1.807, 2.05) is 0 Å². The van der Waals surface area contributed by atoms with Crippen molar-refractivity contribution in [2.24, 2.45) is 11.8 Å². The summed E-state index contributed by atoms with van der Waals surface area (Å²) in [7, 11) is 0. The molecule has 0 aromatic rings. The number of fused-ring (bicyclic) bond motifs is 5. The van der Waals surface area contributed by atoms with Crippen molar-refractivity contribution in [3.05, 3.63) is 0 Å². The van der Waals surface area contributed by atoms with E-state index in [2.05, 4.69) is 10.6 Å². The number of hydrogen-bond acceptors (Lipinski definition) is 2. The third kappa shape index (κ3) is 0.586. The maximum absolute atomic E-state index is 12.9. The molecule has 1 aliphatic carbocycles. The van der Waals surface area contributed by atoms with Gasteiger partial charge in [0, 0.05) is 37.0 Å². The minimum atomic E-state index is -2.34. The van der Waals surface area contributed by atoms with Crippen molar-refractivity contribution >= 4 is 0 Å². The van der Waals surface area contributed by atoms with Crippen LogP contribution >= 0.6 is 0 Å². The van der Waals surface area contributed by atoms with Gasteiger partial charge in [0.15, 0.2) is 0 Å². The second-order valence-corrected chi connectivity index (χ2v) is 3.76. The third-order valence-corrected chi connectivity index (χ3v) is 3.19. The average Bonchev–Trinajstić information content (AvgIpc) is 2.42. The molecule has 0 spiro atoms. The molecular formula is C7H10F2N2. The fourth-order valence-corrected chi connectivity index (χ4v) is 2.66. The molecule has 2 aliphatic heterocycles. The van der Waals surface area contributed by atoms with Crippen LogP contribution in [0.15, 0.2) is 0 Å². The monoisotopic (exact) mass is 160 g/mol. The molecule has 0 unspecified atom stereocenters. The fraction of sp³-hybridized carbons (Fsp3) is 1.00. The Morgan fingerprint density at radius 3 is 2.18 bits per heavy atom. The minimum absolute atomic E-state index is 0.0359. The number of alkyl halides is 2. The lowest BCUT2D eigenvalue weighted by molar-refractivity contribution is 0.0514. The SMILES string of the molecule is FC1(F)[C@@H]2[C@H]1[C@H]1CNC[C@@H]2N1. The Labute approximate surface area is 63.3 Å². The molecule has 3 fully saturated rings. The van der Waals surface area contributed by atoms with Gasteiger partial charge in [-0.05, 0) is 0 Å². The van der Waals surface area contributed by atoms with Crippen LogP contribution in [0.2, 0.25) is 0 Å². The van der Waals surface area contributed by atoms with Crippen molar-refractivity contribution in [3.63, 3.8) is 0 Å². The number of nitrogens with one attached hydrogen (secondary N) is 2. The van der Waals surface area contributed by atoms with Crippen molar-refractivity contribution in [1.82, 2.24) is 10.6 Å². The van der Waals surface area contributed by atoms with Crippen molar-refractivity contribution < 1.29 is 8.78 Å². The van der Waals surface area contributed by atoms with Crippen LogP contribution in [-0.2, 0) is 0 Å². The summed E-state index contributed by atoms with van der Waals surface area (Å²) >= 11 is 0. The summed E-state index contributed by atoms with van der Waals surface area (Å²) < 4.78 is 25.8. The summed E-state index contributed by atoms with van der Waals surface area (Å²) in [6.45, 7) is 1.43. The van der Waals surface area contributed by atoms with Gasteiger partial charge in [0.25, 0.3) is 5.92 Å². The highest BCUT2D eigenvalue weighted by Gasteiger charge is 2.77. The Morgan fingerprint density at radius 2 is 1.64 bits per heavy atom. The van der Waals surface area contributed by atoms with Crippen molar-refractivity contribution in [2.45, 2.75) is 18.0 Å². The van der Waals surface area contributed by atoms with E-state index in [0.29, 0.717) is 13.1 Å². The molecule has 2 heterocycles. The first-order chi connectivity index (χ1) is 5.21. The molecule has 2 bridgehead atoms. The molecule has 0 radical (unpaired) electrons. The topological polar surface area (TPSA) is 24.1 Å². The molecule has 1 saturated carbocycles. The van der Waals surface area contributed by atoms with Crippen LogP contribution < -0.4 is 10.6 Å². The largest absolute Gasteiger partial charge is 0.314 e. The van der Waals surface area contributed by atoms with Gasteiger partial charge in [-0.15, -0.1) is 0 Å². The maximum atomic E-state index is 12.9. The molecule has 2 nitrogen and oxygen atoms in total. The molecule has 0 aromatic heterocycles. The number of piperazine rings is 1. The Morgan fingerprint density at radius 1 is 1.09 bits per heavy atom. The summed E-state index contributed by atoms with van der Waals surface area (Å²) in [5.41, 5.74) is 0. The smallest absolute Gasteiger partial charge is 0.257 e. The highest BCUT2D eigenvalue weighted by Crippen LogP contribution is 2.62. The highest BCUT2D eigenvalue weighted by atomic mass is 19.3. The van der Waals surface area contributed by atoms with E-state index in [1.165, 1.54) is 0 Å². The van der Waals surface area contributed by atoms with Crippen LogP contribution in [0.1, 0.15) is 0 Å². The number of piperidine rings is 1. The summed E-state index contributed by atoms with van der Waals surface area (Å²) in [5.74, 6) is -3.06. The summed E-state index contributed by atoms with van der Waals surface area (Å²) in [6, 6.07) is 0.0718. The van der Waals surface area contributed by atoms with Crippen molar-refractivity contribution in [3.8, 4) is 0 Å². The zero-order chi connectivity index (χ0) is 7.64. The van der Waals surface area contributed by atoms with E-state index >= 15 is 0 Å². The zero-order valence-electron chi connectivity index (χ0n) is 5.98. The molecule has 2 N–H and O–H groups in total. The third-order valence-electron chi connectivity index (χ3n) is 3.19.